The van der Waals surface area contributed by atoms with Crippen LogP contribution in [0.3, 0.4) is 0 Å². The molecule has 0 unspecified atom stereocenters. The van der Waals surface area contributed by atoms with Crippen LogP contribution in [0.15, 0.2) is 0 Å². The summed E-state index contributed by atoms with van der Waals surface area (Å²) in [6, 6.07) is -0.348. The first kappa shape index (κ1) is 12.9. The van der Waals surface area contributed by atoms with E-state index in [9.17, 15) is 9.59 Å². The minimum absolute atomic E-state index is 0.348. The van der Waals surface area contributed by atoms with Gasteiger partial charge >= 0.3 is 6.03 Å². The molecule has 0 bridgehead atoms. The Labute approximate surface area is 84.4 Å². The number of rotatable bonds is 7. The lowest BCUT2D eigenvalue weighted by Gasteiger charge is -2.15. The molecule has 1 N–H and O–H groups in total. The largest absolute Gasteiger partial charge is 0.382 e. The number of hydrogen-bond acceptors (Lipinski definition) is 3. The summed E-state index contributed by atoms with van der Waals surface area (Å²) in [6.45, 7) is 5.86. The summed E-state index contributed by atoms with van der Waals surface area (Å²) in [5.74, 6) is 0. The van der Waals surface area contributed by atoms with Gasteiger partial charge in [-0.3, -0.25) is 9.69 Å². The van der Waals surface area contributed by atoms with E-state index in [0.717, 1.165) is 4.90 Å². The summed E-state index contributed by atoms with van der Waals surface area (Å²) < 4.78 is 5.09. The maximum absolute atomic E-state index is 11.2. The molecule has 0 fully saturated rings. The Hall–Kier alpha value is -1.10. The van der Waals surface area contributed by atoms with E-state index in [0.29, 0.717) is 39.1 Å². The summed E-state index contributed by atoms with van der Waals surface area (Å²) in [5, 5.41) is 2.55. The number of nitrogens with zero attached hydrogens (tertiary/aromatic N) is 1. The molecule has 0 aromatic carbocycles. The lowest BCUT2D eigenvalue weighted by Crippen LogP contribution is -2.39. The van der Waals surface area contributed by atoms with Crippen LogP contribution in [0.25, 0.3) is 0 Å². The highest BCUT2D eigenvalue weighted by molar-refractivity contribution is 5.84. The molecule has 0 aromatic rings. The summed E-state index contributed by atoms with van der Waals surface area (Å²) in [5.41, 5.74) is 0. The van der Waals surface area contributed by atoms with E-state index in [2.05, 4.69) is 5.32 Å². The lowest BCUT2D eigenvalue weighted by molar-refractivity contribution is -0.115. The van der Waals surface area contributed by atoms with Gasteiger partial charge < -0.3 is 10.1 Å². The Bertz CT molecular complexity index is 173. The highest BCUT2D eigenvalue weighted by atomic mass is 16.5. The van der Waals surface area contributed by atoms with Crippen LogP contribution >= 0.6 is 0 Å². The molecule has 82 valence electrons. The second kappa shape index (κ2) is 8.50. The van der Waals surface area contributed by atoms with Gasteiger partial charge in [-0.25, -0.2) is 4.79 Å². The zero-order chi connectivity index (χ0) is 10.8. The maximum atomic E-state index is 11.2. The van der Waals surface area contributed by atoms with Gasteiger partial charge in [-0.1, -0.05) is 0 Å². The van der Waals surface area contributed by atoms with Crippen molar-refractivity contribution in [2.75, 3.05) is 26.3 Å². The number of urea groups is 1. The first-order valence-corrected chi connectivity index (χ1v) is 4.83. The molecule has 0 heterocycles. The fourth-order valence-electron chi connectivity index (χ4n) is 0.936. The standard InChI is InChI=1S/C9H18N2O3/c1-3-10-9(13)11(8-12)6-5-7-14-4-2/h8H,3-7H2,1-2H3,(H,10,13). The van der Waals surface area contributed by atoms with Crippen molar-refractivity contribution >= 4 is 12.4 Å². The summed E-state index contributed by atoms with van der Waals surface area (Å²) in [6.07, 6.45) is 1.21. The molecule has 0 spiro atoms. The van der Waals surface area contributed by atoms with Gasteiger partial charge in [-0.2, -0.15) is 0 Å². The van der Waals surface area contributed by atoms with E-state index >= 15 is 0 Å². The molecule has 0 saturated carbocycles. The molecule has 0 aliphatic heterocycles. The smallest absolute Gasteiger partial charge is 0.323 e. The predicted octanol–water partition coefficient (Wildman–Crippen LogP) is 0.601. The van der Waals surface area contributed by atoms with Crippen LogP contribution in [0, 0.1) is 0 Å². The summed E-state index contributed by atoms with van der Waals surface area (Å²) in [4.78, 5) is 22.8. The van der Waals surface area contributed by atoms with Gasteiger partial charge in [0.2, 0.25) is 6.41 Å². The van der Waals surface area contributed by atoms with Crippen molar-refractivity contribution in [1.82, 2.24) is 10.2 Å². The Kier molecular flexibility index (Phi) is 7.83. The van der Waals surface area contributed by atoms with Crippen molar-refractivity contribution in [3.63, 3.8) is 0 Å². The Morgan fingerprint density at radius 2 is 2.21 bits per heavy atom. The molecule has 0 saturated heterocycles. The van der Waals surface area contributed by atoms with Gasteiger partial charge in [0.05, 0.1) is 0 Å². The first-order valence-electron chi connectivity index (χ1n) is 4.83. The van der Waals surface area contributed by atoms with Crippen LogP contribution in [0.4, 0.5) is 4.79 Å². The molecule has 0 atom stereocenters. The van der Waals surface area contributed by atoms with Crippen LogP contribution in [0.5, 0.6) is 0 Å². The topological polar surface area (TPSA) is 58.6 Å². The lowest BCUT2D eigenvalue weighted by atomic mass is 10.4. The van der Waals surface area contributed by atoms with Gasteiger partial charge in [0.1, 0.15) is 0 Å². The number of carbonyl (C=O) groups is 2. The molecule has 0 rings (SSSR count). The van der Waals surface area contributed by atoms with E-state index in [1.807, 2.05) is 6.92 Å². The summed E-state index contributed by atoms with van der Waals surface area (Å²) in [7, 11) is 0. The van der Waals surface area contributed by atoms with E-state index in [4.69, 9.17) is 4.74 Å². The highest BCUT2D eigenvalue weighted by Crippen LogP contribution is 1.90. The average Bonchev–Trinajstić information content (AvgIpc) is 2.18. The van der Waals surface area contributed by atoms with Crippen molar-refractivity contribution in [3.05, 3.63) is 0 Å². The SMILES string of the molecule is CCNC(=O)N(C=O)CCCOCC. The van der Waals surface area contributed by atoms with E-state index < -0.39 is 0 Å². The van der Waals surface area contributed by atoms with Crippen LogP contribution < -0.4 is 5.32 Å². The van der Waals surface area contributed by atoms with Gasteiger partial charge in [0.25, 0.3) is 0 Å². The molecule has 0 aliphatic rings. The molecule has 0 radical (unpaired) electrons. The zero-order valence-electron chi connectivity index (χ0n) is 8.78. The zero-order valence-corrected chi connectivity index (χ0v) is 8.78. The van der Waals surface area contributed by atoms with Crippen molar-refractivity contribution in [1.29, 1.82) is 0 Å². The number of carbonyl (C=O) groups excluding carboxylic acids is 2. The number of amides is 3. The van der Waals surface area contributed by atoms with Gasteiger partial charge in [-0.15, -0.1) is 0 Å². The third kappa shape index (κ3) is 5.53. The molecular formula is C9H18N2O3. The van der Waals surface area contributed by atoms with E-state index in [-0.39, 0.29) is 6.03 Å². The van der Waals surface area contributed by atoms with Gasteiger partial charge in [0.15, 0.2) is 0 Å². The normalized spacial score (nSPS) is 9.57. The fraction of sp³-hybridized carbons (Fsp3) is 0.778. The second-order valence-corrected chi connectivity index (χ2v) is 2.68. The molecule has 5 nitrogen and oxygen atoms in total. The quantitative estimate of drug-likeness (QED) is 0.486. The van der Waals surface area contributed by atoms with Crippen LogP contribution in [0.1, 0.15) is 20.3 Å². The Morgan fingerprint density at radius 1 is 1.50 bits per heavy atom. The molecule has 3 amide bonds. The molecule has 14 heavy (non-hydrogen) atoms. The van der Waals surface area contributed by atoms with Crippen LogP contribution in [-0.2, 0) is 9.53 Å². The van der Waals surface area contributed by atoms with Crippen molar-refractivity contribution in [2.45, 2.75) is 20.3 Å². The molecule has 0 aromatic heterocycles. The Balaban J connectivity index is 3.67. The third-order valence-corrected chi connectivity index (χ3v) is 1.61. The third-order valence-electron chi connectivity index (χ3n) is 1.61. The maximum Gasteiger partial charge on any atom is 0.323 e. The minimum Gasteiger partial charge on any atom is -0.382 e. The molecular weight excluding hydrogens is 184 g/mol. The fourth-order valence-corrected chi connectivity index (χ4v) is 0.936. The monoisotopic (exact) mass is 202 g/mol. The van der Waals surface area contributed by atoms with Crippen molar-refractivity contribution in [3.8, 4) is 0 Å². The van der Waals surface area contributed by atoms with Gasteiger partial charge in [-0.05, 0) is 20.3 Å². The second-order valence-electron chi connectivity index (χ2n) is 2.68. The van der Waals surface area contributed by atoms with Crippen LogP contribution in [-0.4, -0.2) is 43.6 Å². The molecule has 0 aliphatic carbocycles. The number of hydrogen-bond donors (Lipinski definition) is 1. The summed E-state index contributed by atoms with van der Waals surface area (Å²) >= 11 is 0. The number of nitrogens with one attached hydrogen (secondary N) is 1. The highest BCUT2D eigenvalue weighted by Gasteiger charge is 2.09. The number of imide groups is 1. The first-order chi connectivity index (χ1) is 6.76. The Morgan fingerprint density at radius 3 is 2.71 bits per heavy atom. The van der Waals surface area contributed by atoms with E-state index in [1.165, 1.54) is 0 Å². The minimum atomic E-state index is -0.348. The van der Waals surface area contributed by atoms with Crippen molar-refractivity contribution in [2.24, 2.45) is 0 Å². The van der Waals surface area contributed by atoms with Gasteiger partial charge in [0, 0.05) is 26.3 Å². The van der Waals surface area contributed by atoms with Crippen LogP contribution in [0.2, 0.25) is 0 Å². The molecule has 5 heteroatoms. The van der Waals surface area contributed by atoms with Crippen molar-refractivity contribution < 1.29 is 14.3 Å². The predicted molar refractivity (Wildman–Crippen MR) is 53.0 cm³/mol. The van der Waals surface area contributed by atoms with E-state index in [1.54, 1.807) is 6.92 Å². The average molecular weight is 202 g/mol. The number of ether oxygens (including phenoxy) is 1.